The van der Waals surface area contributed by atoms with Crippen LogP contribution in [0.3, 0.4) is 0 Å². The van der Waals surface area contributed by atoms with E-state index in [1.165, 1.54) is 17.4 Å². The summed E-state index contributed by atoms with van der Waals surface area (Å²) in [5, 5.41) is 11.5. The minimum atomic E-state index is -4.00. The number of hydrogen-bond donors (Lipinski definition) is 2. The lowest BCUT2D eigenvalue weighted by atomic mass is 10.2. The number of nitrogens with zero attached hydrogens (tertiary/aromatic N) is 1. The highest BCUT2D eigenvalue weighted by Crippen LogP contribution is 2.29. The fraction of sp³-hybridized carbons (Fsp3) is 0.455. The number of piperazine rings is 1. The molecule has 0 aliphatic carbocycles. The third kappa shape index (κ3) is 2.56. The highest BCUT2D eigenvalue weighted by Gasteiger charge is 2.41. The molecule has 1 aromatic rings. The number of carbonyl (C=O) groups is 2. The van der Waals surface area contributed by atoms with E-state index in [0.29, 0.717) is 4.88 Å². The van der Waals surface area contributed by atoms with Crippen molar-refractivity contribution in [2.45, 2.75) is 24.8 Å². The van der Waals surface area contributed by atoms with Gasteiger partial charge in [0.1, 0.15) is 6.04 Å². The molecule has 1 saturated heterocycles. The fourth-order valence-corrected chi connectivity index (χ4v) is 5.14. The summed E-state index contributed by atoms with van der Waals surface area (Å²) < 4.78 is 25.9. The molecule has 7 nitrogen and oxygen atoms in total. The van der Waals surface area contributed by atoms with Crippen molar-refractivity contribution < 1.29 is 23.1 Å². The van der Waals surface area contributed by atoms with E-state index >= 15 is 0 Å². The number of amides is 1. The van der Waals surface area contributed by atoms with Gasteiger partial charge in [0, 0.05) is 16.3 Å². The van der Waals surface area contributed by atoms with Crippen LogP contribution in [0.2, 0.25) is 0 Å². The van der Waals surface area contributed by atoms with Crippen molar-refractivity contribution in [3.05, 3.63) is 15.8 Å². The highest BCUT2D eigenvalue weighted by atomic mass is 32.2. The van der Waals surface area contributed by atoms with E-state index in [1.807, 2.05) is 0 Å². The van der Waals surface area contributed by atoms with E-state index in [1.54, 1.807) is 13.8 Å². The van der Waals surface area contributed by atoms with E-state index in [0.717, 1.165) is 9.18 Å². The zero-order valence-corrected chi connectivity index (χ0v) is 12.5. The number of sulfonamides is 1. The van der Waals surface area contributed by atoms with E-state index in [4.69, 9.17) is 5.11 Å². The van der Waals surface area contributed by atoms with Crippen LogP contribution in [-0.4, -0.2) is 48.8 Å². The number of hydrogen-bond acceptors (Lipinski definition) is 5. The third-order valence-corrected chi connectivity index (χ3v) is 6.08. The smallest absolute Gasteiger partial charge is 0.323 e. The predicted molar refractivity (Wildman–Crippen MR) is 72.1 cm³/mol. The first kappa shape index (κ1) is 14.9. The number of thiophene rings is 1. The maximum Gasteiger partial charge on any atom is 0.323 e. The van der Waals surface area contributed by atoms with E-state index in [-0.39, 0.29) is 11.4 Å². The molecule has 20 heavy (non-hydrogen) atoms. The minimum Gasteiger partial charge on any atom is -0.480 e. The molecule has 1 unspecified atom stereocenters. The van der Waals surface area contributed by atoms with Crippen molar-refractivity contribution >= 4 is 33.2 Å². The van der Waals surface area contributed by atoms with Gasteiger partial charge in [-0.05, 0) is 19.9 Å². The van der Waals surface area contributed by atoms with E-state index in [9.17, 15) is 18.0 Å². The maximum atomic E-state index is 12.6. The lowest BCUT2D eigenvalue weighted by Crippen LogP contribution is -2.59. The van der Waals surface area contributed by atoms with Crippen molar-refractivity contribution in [3.8, 4) is 0 Å². The molecular formula is C11H14N2O5S2. The van der Waals surface area contributed by atoms with Gasteiger partial charge in [0.2, 0.25) is 15.9 Å². The standard InChI is InChI=1S/C11H14N2O5S2/c1-6-3-9(7(2)19-6)20(17,18)13-5-10(14)12-4-8(13)11(15)16/h3,8H,4-5H2,1-2H3,(H,12,14)(H,15,16). The first-order valence-electron chi connectivity index (χ1n) is 5.82. The summed E-state index contributed by atoms with van der Waals surface area (Å²) in [6.45, 7) is 2.72. The van der Waals surface area contributed by atoms with Gasteiger partial charge in [-0.1, -0.05) is 0 Å². The summed E-state index contributed by atoms with van der Waals surface area (Å²) in [5.41, 5.74) is 0. The number of aliphatic carboxylic acids is 1. The molecule has 1 aliphatic heterocycles. The lowest BCUT2D eigenvalue weighted by molar-refractivity contribution is -0.143. The molecule has 110 valence electrons. The Balaban J connectivity index is 2.47. The summed E-state index contributed by atoms with van der Waals surface area (Å²) in [5.74, 6) is -1.78. The topological polar surface area (TPSA) is 104 Å². The van der Waals surface area contributed by atoms with Crippen LogP contribution in [0.15, 0.2) is 11.0 Å². The zero-order valence-electron chi connectivity index (χ0n) is 10.9. The van der Waals surface area contributed by atoms with Crippen LogP contribution in [0.5, 0.6) is 0 Å². The Bertz CT molecular complexity index is 664. The van der Waals surface area contributed by atoms with Gasteiger partial charge >= 0.3 is 5.97 Å². The molecule has 1 fully saturated rings. The monoisotopic (exact) mass is 318 g/mol. The van der Waals surface area contributed by atoms with Crippen molar-refractivity contribution in [2.24, 2.45) is 0 Å². The molecular weight excluding hydrogens is 304 g/mol. The van der Waals surface area contributed by atoms with Crippen LogP contribution >= 0.6 is 11.3 Å². The first-order valence-corrected chi connectivity index (χ1v) is 8.07. The second kappa shape index (κ2) is 5.15. The second-order valence-corrected chi connectivity index (χ2v) is 7.81. The normalized spacial score (nSPS) is 20.7. The van der Waals surface area contributed by atoms with Crippen LogP contribution in [0.25, 0.3) is 0 Å². The van der Waals surface area contributed by atoms with Crippen LogP contribution < -0.4 is 5.32 Å². The summed E-state index contributed by atoms with van der Waals surface area (Å²) >= 11 is 1.32. The molecule has 0 saturated carbocycles. The van der Waals surface area contributed by atoms with Crippen LogP contribution in [0.4, 0.5) is 0 Å². The van der Waals surface area contributed by atoms with Gasteiger partial charge in [-0.2, -0.15) is 4.31 Å². The van der Waals surface area contributed by atoms with E-state index < -0.39 is 34.5 Å². The molecule has 1 atom stereocenters. The molecule has 1 aliphatic rings. The molecule has 0 spiro atoms. The van der Waals surface area contributed by atoms with Crippen LogP contribution in [0.1, 0.15) is 9.75 Å². The average molecular weight is 318 g/mol. The SMILES string of the molecule is Cc1cc(S(=O)(=O)N2CC(=O)NCC2C(=O)O)c(C)s1. The molecule has 1 aromatic heterocycles. The number of aryl methyl sites for hydroxylation is 2. The Morgan fingerprint density at radius 1 is 1.50 bits per heavy atom. The van der Waals surface area contributed by atoms with Gasteiger partial charge in [-0.25, -0.2) is 8.42 Å². The Morgan fingerprint density at radius 2 is 2.15 bits per heavy atom. The van der Waals surface area contributed by atoms with Gasteiger partial charge in [-0.3, -0.25) is 9.59 Å². The largest absolute Gasteiger partial charge is 0.480 e. The number of carboxylic acid groups (broad SMARTS) is 1. The number of carboxylic acids is 1. The van der Waals surface area contributed by atoms with Gasteiger partial charge in [0.15, 0.2) is 0 Å². The Hall–Kier alpha value is -1.45. The van der Waals surface area contributed by atoms with Crippen molar-refractivity contribution in [1.29, 1.82) is 0 Å². The maximum absolute atomic E-state index is 12.6. The molecule has 9 heteroatoms. The quantitative estimate of drug-likeness (QED) is 0.812. The summed E-state index contributed by atoms with van der Waals surface area (Å²) in [7, 11) is -4.00. The van der Waals surface area contributed by atoms with Crippen LogP contribution in [0, 0.1) is 13.8 Å². The number of carbonyl (C=O) groups excluding carboxylic acids is 1. The summed E-state index contributed by atoms with van der Waals surface area (Å²) in [6, 6.07) is 0.220. The second-order valence-electron chi connectivity index (χ2n) is 4.49. The number of nitrogens with one attached hydrogen (secondary N) is 1. The first-order chi connectivity index (χ1) is 9.23. The lowest BCUT2D eigenvalue weighted by Gasteiger charge is -2.31. The Morgan fingerprint density at radius 3 is 2.65 bits per heavy atom. The Kier molecular flexibility index (Phi) is 3.85. The molecule has 0 aromatic carbocycles. The van der Waals surface area contributed by atoms with E-state index in [2.05, 4.69) is 5.32 Å². The molecule has 2 rings (SSSR count). The summed E-state index contributed by atoms with van der Waals surface area (Å²) in [4.78, 5) is 24.1. The molecule has 0 radical (unpaired) electrons. The average Bonchev–Trinajstić information content (AvgIpc) is 2.68. The van der Waals surface area contributed by atoms with Crippen molar-refractivity contribution in [3.63, 3.8) is 0 Å². The zero-order chi connectivity index (χ0) is 15.1. The summed E-state index contributed by atoms with van der Waals surface area (Å²) in [6.07, 6.45) is 0. The highest BCUT2D eigenvalue weighted by molar-refractivity contribution is 7.89. The van der Waals surface area contributed by atoms with Gasteiger partial charge in [0.25, 0.3) is 0 Å². The molecule has 2 N–H and O–H groups in total. The number of rotatable bonds is 3. The molecule has 2 heterocycles. The molecule has 1 amide bonds. The van der Waals surface area contributed by atoms with Crippen molar-refractivity contribution in [1.82, 2.24) is 9.62 Å². The third-order valence-electron chi connectivity index (χ3n) is 3.01. The van der Waals surface area contributed by atoms with Gasteiger partial charge in [0.05, 0.1) is 11.4 Å². The minimum absolute atomic E-state index is 0.0703. The predicted octanol–water partition coefficient (Wildman–Crippen LogP) is -0.0614. The fourth-order valence-electron chi connectivity index (χ4n) is 2.07. The van der Waals surface area contributed by atoms with Gasteiger partial charge in [-0.15, -0.1) is 11.3 Å². The van der Waals surface area contributed by atoms with Crippen molar-refractivity contribution in [2.75, 3.05) is 13.1 Å². The Labute approximate surface area is 120 Å². The molecule has 0 bridgehead atoms. The van der Waals surface area contributed by atoms with Crippen LogP contribution in [-0.2, 0) is 19.6 Å². The van der Waals surface area contributed by atoms with Gasteiger partial charge < -0.3 is 10.4 Å².